The number of nitrogens with zero attached hydrogens (tertiary/aromatic N) is 2. The molecule has 1 aliphatic rings. The van der Waals surface area contributed by atoms with Crippen molar-refractivity contribution in [3.05, 3.63) is 60.8 Å². The van der Waals surface area contributed by atoms with Crippen LogP contribution < -0.4 is 19.1 Å². The van der Waals surface area contributed by atoms with E-state index in [9.17, 15) is 0 Å². The van der Waals surface area contributed by atoms with Crippen molar-refractivity contribution in [3.8, 4) is 34.3 Å². The lowest BCUT2D eigenvalue weighted by atomic mass is 10.1. The van der Waals surface area contributed by atoms with Gasteiger partial charge in [-0.05, 0) is 41.5 Å². The van der Waals surface area contributed by atoms with E-state index in [1.807, 2.05) is 44.4 Å². The highest BCUT2D eigenvalue weighted by atomic mass is 16.6. The summed E-state index contributed by atoms with van der Waals surface area (Å²) in [6.45, 7) is 1.12. The number of aromatic nitrogens is 1. The molecule has 0 atom stereocenters. The summed E-state index contributed by atoms with van der Waals surface area (Å²) in [5.74, 6) is 2.65. The summed E-state index contributed by atoms with van der Waals surface area (Å²) in [6.07, 6.45) is 1.75. The Morgan fingerprint density at radius 2 is 1.62 bits per heavy atom. The molecule has 1 aliphatic heterocycles. The van der Waals surface area contributed by atoms with Crippen LogP contribution in [0.4, 0.5) is 5.69 Å². The first-order chi connectivity index (χ1) is 12.7. The third-order valence-electron chi connectivity index (χ3n) is 4.19. The largest absolute Gasteiger partial charge is 0.486 e. The molecule has 0 bridgehead atoms. The predicted octanol–water partition coefficient (Wildman–Crippen LogP) is 4.38. The van der Waals surface area contributed by atoms with Crippen LogP contribution in [0.25, 0.3) is 11.1 Å². The van der Waals surface area contributed by atoms with Crippen LogP contribution in [0.2, 0.25) is 0 Å². The van der Waals surface area contributed by atoms with E-state index in [2.05, 4.69) is 34.1 Å². The van der Waals surface area contributed by atoms with Crippen LogP contribution in [-0.2, 0) is 0 Å². The minimum atomic E-state index is 0.538. The molecular weight excluding hydrogens is 328 g/mol. The summed E-state index contributed by atoms with van der Waals surface area (Å²) >= 11 is 0. The minimum absolute atomic E-state index is 0.538. The van der Waals surface area contributed by atoms with Crippen molar-refractivity contribution in [2.45, 2.75) is 0 Å². The van der Waals surface area contributed by atoms with Crippen molar-refractivity contribution in [1.82, 2.24) is 4.98 Å². The molecule has 26 heavy (non-hydrogen) atoms. The van der Waals surface area contributed by atoms with Gasteiger partial charge < -0.3 is 19.1 Å². The van der Waals surface area contributed by atoms with Crippen molar-refractivity contribution >= 4 is 5.69 Å². The van der Waals surface area contributed by atoms with Gasteiger partial charge in [0.05, 0.1) is 0 Å². The SMILES string of the molecule is CN(C)c1ccc(-c2ccnc(Oc3ccc4c(c3)OCCO4)c2)cc1. The maximum Gasteiger partial charge on any atom is 0.219 e. The van der Waals surface area contributed by atoms with E-state index in [1.54, 1.807) is 6.20 Å². The Morgan fingerprint density at radius 1 is 0.846 bits per heavy atom. The topological polar surface area (TPSA) is 43.8 Å². The predicted molar refractivity (Wildman–Crippen MR) is 102 cm³/mol. The summed E-state index contributed by atoms with van der Waals surface area (Å²) in [7, 11) is 4.06. The lowest BCUT2D eigenvalue weighted by molar-refractivity contribution is 0.171. The van der Waals surface area contributed by atoms with Crippen molar-refractivity contribution < 1.29 is 14.2 Å². The number of fused-ring (bicyclic) bond motifs is 1. The van der Waals surface area contributed by atoms with Crippen LogP contribution in [0, 0.1) is 0 Å². The second-order valence-corrected chi connectivity index (χ2v) is 6.23. The Morgan fingerprint density at radius 3 is 2.38 bits per heavy atom. The molecule has 2 aromatic carbocycles. The normalized spacial score (nSPS) is 12.5. The van der Waals surface area contributed by atoms with Crippen molar-refractivity contribution in [2.24, 2.45) is 0 Å². The molecule has 3 aromatic rings. The number of anilines is 1. The molecule has 0 unspecified atom stereocenters. The first-order valence-corrected chi connectivity index (χ1v) is 8.50. The highest BCUT2D eigenvalue weighted by molar-refractivity contribution is 5.67. The standard InChI is InChI=1S/C21H20N2O3/c1-23(2)17-5-3-15(4-6-17)16-9-10-22-21(13-16)26-18-7-8-19-20(14-18)25-12-11-24-19/h3-10,13-14H,11-12H2,1-2H3. The van der Waals surface area contributed by atoms with Gasteiger partial charge in [-0.1, -0.05) is 12.1 Å². The van der Waals surface area contributed by atoms with E-state index in [1.165, 1.54) is 0 Å². The van der Waals surface area contributed by atoms with Gasteiger partial charge in [-0.25, -0.2) is 4.98 Å². The lowest BCUT2D eigenvalue weighted by Gasteiger charge is -2.18. The fraction of sp³-hybridized carbons (Fsp3) is 0.190. The summed E-state index contributed by atoms with van der Waals surface area (Å²) in [5.41, 5.74) is 3.33. The average Bonchev–Trinajstić information content (AvgIpc) is 2.68. The van der Waals surface area contributed by atoms with Gasteiger partial charge in [0.2, 0.25) is 5.88 Å². The second kappa shape index (κ2) is 6.96. The van der Waals surface area contributed by atoms with Crippen LogP contribution in [0.1, 0.15) is 0 Å². The number of rotatable bonds is 4. The Balaban J connectivity index is 1.56. The quantitative estimate of drug-likeness (QED) is 0.700. The molecule has 2 heterocycles. The average molecular weight is 348 g/mol. The zero-order valence-electron chi connectivity index (χ0n) is 14.8. The highest BCUT2D eigenvalue weighted by Gasteiger charge is 2.13. The molecule has 0 spiro atoms. The van der Waals surface area contributed by atoms with Crippen LogP contribution in [0.5, 0.6) is 23.1 Å². The van der Waals surface area contributed by atoms with Gasteiger partial charge in [0.15, 0.2) is 11.5 Å². The Hall–Kier alpha value is -3.21. The van der Waals surface area contributed by atoms with Gasteiger partial charge in [0.25, 0.3) is 0 Å². The Kier molecular flexibility index (Phi) is 4.35. The Bertz CT molecular complexity index is 907. The molecular formula is C21H20N2O3. The summed E-state index contributed by atoms with van der Waals surface area (Å²) in [5, 5.41) is 0. The number of hydrogen-bond donors (Lipinski definition) is 0. The molecule has 0 radical (unpaired) electrons. The number of ether oxygens (including phenoxy) is 3. The Labute approximate surface area is 152 Å². The molecule has 0 amide bonds. The third kappa shape index (κ3) is 3.42. The smallest absolute Gasteiger partial charge is 0.219 e. The number of benzene rings is 2. The summed E-state index contributed by atoms with van der Waals surface area (Å²) in [4.78, 5) is 6.39. The molecule has 1 aromatic heterocycles. The maximum absolute atomic E-state index is 5.91. The first kappa shape index (κ1) is 16.3. The fourth-order valence-corrected chi connectivity index (χ4v) is 2.80. The molecule has 4 rings (SSSR count). The van der Waals surface area contributed by atoms with Crippen LogP contribution >= 0.6 is 0 Å². The maximum atomic E-state index is 5.91. The highest BCUT2D eigenvalue weighted by Crippen LogP contribution is 2.35. The van der Waals surface area contributed by atoms with E-state index in [0.717, 1.165) is 22.6 Å². The van der Waals surface area contributed by atoms with Gasteiger partial charge in [0, 0.05) is 38.1 Å². The van der Waals surface area contributed by atoms with Gasteiger partial charge in [-0.15, -0.1) is 0 Å². The molecule has 5 nitrogen and oxygen atoms in total. The monoisotopic (exact) mass is 348 g/mol. The van der Waals surface area contributed by atoms with E-state index >= 15 is 0 Å². The van der Waals surface area contributed by atoms with Crippen LogP contribution in [-0.4, -0.2) is 32.3 Å². The second-order valence-electron chi connectivity index (χ2n) is 6.23. The summed E-state index contributed by atoms with van der Waals surface area (Å²) < 4.78 is 17.0. The van der Waals surface area contributed by atoms with Gasteiger partial charge in [-0.2, -0.15) is 0 Å². The molecule has 5 heteroatoms. The number of hydrogen-bond acceptors (Lipinski definition) is 5. The molecule has 132 valence electrons. The van der Waals surface area contributed by atoms with Gasteiger partial charge in [0.1, 0.15) is 19.0 Å². The van der Waals surface area contributed by atoms with Crippen LogP contribution in [0.15, 0.2) is 60.8 Å². The van der Waals surface area contributed by atoms with E-state index in [4.69, 9.17) is 14.2 Å². The zero-order chi connectivity index (χ0) is 17.9. The summed E-state index contributed by atoms with van der Waals surface area (Å²) in [6, 6.07) is 17.8. The molecule has 0 saturated carbocycles. The van der Waals surface area contributed by atoms with E-state index in [-0.39, 0.29) is 0 Å². The minimum Gasteiger partial charge on any atom is -0.486 e. The van der Waals surface area contributed by atoms with Crippen molar-refractivity contribution in [1.29, 1.82) is 0 Å². The van der Waals surface area contributed by atoms with Crippen LogP contribution in [0.3, 0.4) is 0 Å². The lowest BCUT2D eigenvalue weighted by Crippen LogP contribution is -2.15. The third-order valence-corrected chi connectivity index (χ3v) is 4.19. The molecule has 0 N–H and O–H groups in total. The first-order valence-electron chi connectivity index (χ1n) is 8.50. The molecule has 0 aliphatic carbocycles. The van der Waals surface area contributed by atoms with E-state index in [0.29, 0.717) is 30.6 Å². The zero-order valence-corrected chi connectivity index (χ0v) is 14.8. The van der Waals surface area contributed by atoms with Crippen molar-refractivity contribution in [2.75, 3.05) is 32.2 Å². The molecule has 0 saturated heterocycles. The van der Waals surface area contributed by atoms with Gasteiger partial charge in [-0.3, -0.25) is 0 Å². The van der Waals surface area contributed by atoms with Crippen molar-refractivity contribution in [3.63, 3.8) is 0 Å². The van der Waals surface area contributed by atoms with E-state index < -0.39 is 0 Å². The van der Waals surface area contributed by atoms with Gasteiger partial charge >= 0.3 is 0 Å². The number of pyridine rings is 1. The molecule has 0 fully saturated rings. The fourth-order valence-electron chi connectivity index (χ4n) is 2.80.